The lowest BCUT2D eigenvalue weighted by Crippen LogP contribution is -2.16. The fraction of sp³-hybridized carbons (Fsp3) is 0.176. The summed E-state index contributed by atoms with van der Waals surface area (Å²) in [5.41, 5.74) is 1.11. The van der Waals surface area contributed by atoms with E-state index in [0.717, 1.165) is 4.47 Å². The molecule has 0 aliphatic carbocycles. The lowest BCUT2D eigenvalue weighted by Gasteiger charge is -2.11. The second-order valence-corrected chi connectivity index (χ2v) is 5.51. The largest absolute Gasteiger partial charge is 0.497 e. The predicted molar refractivity (Wildman–Crippen MR) is 91.0 cm³/mol. The minimum Gasteiger partial charge on any atom is -0.497 e. The van der Waals surface area contributed by atoms with Crippen molar-refractivity contribution >= 4 is 33.5 Å². The topological polar surface area (TPSA) is 64.6 Å². The second-order valence-electron chi connectivity index (χ2n) is 4.60. The Morgan fingerprint density at radius 1 is 1.17 bits per heavy atom. The molecular formula is C17H16BrNO4. The quantitative estimate of drug-likeness (QED) is 0.802. The molecule has 120 valence electrons. The van der Waals surface area contributed by atoms with Gasteiger partial charge in [0, 0.05) is 10.0 Å². The monoisotopic (exact) mass is 377 g/mol. The van der Waals surface area contributed by atoms with Crippen LogP contribution >= 0.6 is 15.9 Å². The van der Waals surface area contributed by atoms with Crippen LogP contribution in [0.1, 0.15) is 27.6 Å². The highest BCUT2D eigenvalue weighted by molar-refractivity contribution is 9.10. The zero-order valence-corrected chi connectivity index (χ0v) is 14.3. The number of anilines is 1. The molecule has 0 aliphatic heterocycles. The maximum absolute atomic E-state index is 12.4. The molecule has 0 saturated heterocycles. The normalized spacial score (nSPS) is 10.0. The molecule has 23 heavy (non-hydrogen) atoms. The van der Waals surface area contributed by atoms with Crippen LogP contribution in [0.5, 0.6) is 5.75 Å². The van der Waals surface area contributed by atoms with Gasteiger partial charge in [0.25, 0.3) is 5.91 Å². The maximum atomic E-state index is 12.4. The summed E-state index contributed by atoms with van der Waals surface area (Å²) in [4.78, 5) is 24.4. The van der Waals surface area contributed by atoms with Gasteiger partial charge in [-0.1, -0.05) is 22.0 Å². The van der Waals surface area contributed by atoms with Gasteiger partial charge in [0.15, 0.2) is 0 Å². The molecule has 0 unspecified atom stereocenters. The van der Waals surface area contributed by atoms with Crippen LogP contribution in [0.2, 0.25) is 0 Å². The molecular weight excluding hydrogens is 362 g/mol. The minimum absolute atomic E-state index is 0.259. The van der Waals surface area contributed by atoms with Crippen LogP contribution in [0.4, 0.5) is 5.69 Å². The first kappa shape index (κ1) is 17.0. The zero-order chi connectivity index (χ0) is 16.8. The molecule has 6 heteroatoms. The lowest BCUT2D eigenvalue weighted by molar-refractivity contribution is 0.0527. The Morgan fingerprint density at radius 2 is 1.96 bits per heavy atom. The first-order valence-electron chi connectivity index (χ1n) is 6.97. The first-order valence-corrected chi connectivity index (χ1v) is 7.76. The number of amides is 1. The molecule has 0 aromatic heterocycles. The van der Waals surface area contributed by atoms with Crippen molar-refractivity contribution in [3.05, 3.63) is 58.1 Å². The van der Waals surface area contributed by atoms with E-state index in [1.165, 1.54) is 7.11 Å². The average molecular weight is 378 g/mol. The fourth-order valence-corrected chi connectivity index (χ4v) is 2.32. The van der Waals surface area contributed by atoms with E-state index in [9.17, 15) is 9.59 Å². The highest BCUT2D eigenvalue weighted by Crippen LogP contribution is 2.23. The second kappa shape index (κ2) is 7.78. The van der Waals surface area contributed by atoms with Crippen LogP contribution in [0, 0.1) is 0 Å². The number of nitrogens with one attached hydrogen (secondary N) is 1. The summed E-state index contributed by atoms with van der Waals surface area (Å²) < 4.78 is 10.8. The highest BCUT2D eigenvalue weighted by atomic mass is 79.9. The van der Waals surface area contributed by atoms with Crippen molar-refractivity contribution in [1.29, 1.82) is 0 Å². The van der Waals surface area contributed by atoms with Crippen LogP contribution in [0.25, 0.3) is 0 Å². The van der Waals surface area contributed by atoms with E-state index in [2.05, 4.69) is 21.2 Å². The van der Waals surface area contributed by atoms with Gasteiger partial charge in [0.05, 0.1) is 25.0 Å². The number of halogens is 1. The Balaban J connectivity index is 2.28. The molecule has 5 nitrogen and oxygen atoms in total. The van der Waals surface area contributed by atoms with Gasteiger partial charge in [0.1, 0.15) is 5.75 Å². The number of carbonyl (C=O) groups is 2. The maximum Gasteiger partial charge on any atom is 0.340 e. The Hall–Kier alpha value is -2.34. The molecule has 0 bridgehead atoms. The minimum atomic E-state index is -0.491. The van der Waals surface area contributed by atoms with Crippen LogP contribution in [0.15, 0.2) is 46.9 Å². The number of hydrogen-bond donors (Lipinski definition) is 1. The molecule has 0 saturated carbocycles. The number of carbonyl (C=O) groups excluding carboxylic acids is 2. The third-order valence-corrected chi connectivity index (χ3v) is 3.55. The van der Waals surface area contributed by atoms with E-state index < -0.39 is 5.97 Å². The van der Waals surface area contributed by atoms with Gasteiger partial charge in [-0.15, -0.1) is 0 Å². The third kappa shape index (κ3) is 4.32. The molecule has 0 aliphatic rings. The molecule has 0 fully saturated rings. The molecule has 1 amide bonds. The van der Waals surface area contributed by atoms with Crippen molar-refractivity contribution < 1.29 is 19.1 Å². The van der Waals surface area contributed by atoms with Crippen LogP contribution in [-0.2, 0) is 4.74 Å². The van der Waals surface area contributed by atoms with Crippen molar-refractivity contribution in [1.82, 2.24) is 0 Å². The van der Waals surface area contributed by atoms with E-state index in [0.29, 0.717) is 17.0 Å². The fourth-order valence-electron chi connectivity index (χ4n) is 1.96. The van der Waals surface area contributed by atoms with E-state index >= 15 is 0 Å². The number of benzene rings is 2. The Bertz CT molecular complexity index is 730. The van der Waals surface area contributed by atoms with Crippen molar-refractivity contribution in [2.24, 2.45) is 0 Å². The van der Waals surface area contributed by atoms with Gasteiger partial charge in [-0.2, -0.15) is 0 Å². The molecule has 1 N–H and O–H groups in total. The molecule has 0 radical (unpaired) electrons. The Labute approximate surface area is 142 Å². The van der Waals surface area contributed by atoms with Gasteiger partial charge in [-0.05, 0) is 43.3 Å². The predicted octanol–water partition coefficient (Wildman–Crippen LogP) is 3.89. The van der Waals surface area contributed by atoms with Gasteiger partial charge in [-0.25, -0.2) is 4.79 Å². The molecule has 2 aromatic carbocycles. The zero-order valence-electron chi connectivity index (χ0n) is 12.8. The number of methoxy groups -OCH3 is 1. The standard InChI is InChI=1S/C17H16BrNO4/c1-3-23-17(21)14-10-12(18)7-8-15(14)19-16(20)11-5-4-6-13(9-11)22-2/h4-10H,3H2,1-2H3,(H,19,20). The Kier molecular flexibility index (Phi) is 5.76. The van der Waals surface area contributed by atoms with E-state index in [1.807, 2.05) is 0 Å². The summed E-state index contributed by atoms with van der Waals surface area (Å²) in [6, 6.07) is 11.8. The third-order valence-electron chi connectivity index (χ3n) is 3.06. The van der Waals surface area contributed by atoms with Gasteiger partial charge >= 0.3 is 5.97 Å². The van der Waals surface area contributed by atoms with Gasteiger partial charge in [-0.3, -0.25) is 4.79 Å². The Morgan fingerprint density at radius 3 is 2.65 bits per heavy atom. The summed E-state index contributed by atoms with van der Waals surface area (Å²) in [5.74, 6) is -0.245. The SMILES string of the molecule is CCOC(=O)c1cc(Br)ccc1NC(=O)c1cccc(OC)c1. The smallest absolute Gasteiger partial charge is 0.340 e. The van der Waals surface area contributed by atoms with Crippen molar-refractivity contribution in [3.63, 3.8) is 0 Å². The first-order chi connectivity index (χ1) is 11.0. The van der Waals surface area contributed by atoms with Crippen LogP contribution in [0.3, 0.4) is 0 Å². The molecule has 0 heterocycles. The summed E-state index contributed by atoms with van der Waals surface area (Å²) in [6.45, 7) is 1.99. The number of hydrogen-bond acceptors (Lipinski definition) is 4. The van der Waals surface area contributed by atoms with Crippen molar-refractivity contribution in [2.75, 3.05) is 19.0 Å². The summed E-state index contributed by atoms with van der Waals surface area (Å²) >= 11 is 3.31. The number of rotatable bonds is 5. The van der Waals surface area contributed by atoms with E-state index in [-0.39, 0.29) is 18.1 Å². The van der Waals surface area contributed by atoms with Crippen molar-refractivity contribution in [3.8, 4) is 5.75 Å². The summed E-state index contributed by atoms with van der Waals surface area (Å²) in [5, 5.41) is 2.73. The molecule has 2 rings (SSSR count). The van der Waals surface area contributed by atoms with Crippen molar-refractivity contribution in [2.45, 2.75) is 6.92 Å². The molecule has 0 spiro atoms. The summed E-state index contributed by atoms with van der Waals surface area (Å²) in [7, 11) is 1.53. The van der Waals surface area contributed by atoms with Gasteiger partial charge in [0.2, 0.25) is 0 Å². The number of ether oxygens (including phenoxy) is 2. The van der Waals surface area contributed by atoms with Crippen LogP contribution < -0.4 is 10.1 Å². The lowest BCUT2D eigenvalue weighted by atomic mass is 10.1. The molecule has 2 aromatic rings. The average Bonchev–Trinajstić information content (AvgIpc) is 2.56. The van der Waals surface area contributed by atoms with E-state index in [1.54, 1.807) is 49.4 Å². The van der Waals surface area contributed by atoms with Gasteiger partial charge < -0.3 is 14.8 Å². The highest BCUT2D eigenvalue weighted by Gasteiger charge is 2.16. The molecule has 0 atom stereocenters. The van der Waals surface area contributed by atoms with E-state index in [4.69, 9.17) is 9.47 Å². The summed E-state index contributed by atoms with van der Waals surface area (Å²) in [6.07, 6.45) is 0. The number of esters is 1. The van der Waals surface area contributed by atoms with Crippen LogP contribution in [-0.4, -0.2) is 25.6 Å².